The molecule has 0 aromatic heterocycles. The number of likely N-dealkylation sites (tertiary alicyclic amines) is 1. The number of amides is 1. The van der Waals surface area contributed by atoms with Crippen LogP contribution in [0.2, 0.25) is 0 Å². The van der Waals surface area contributed by atoms with E-state index >= 15 is 0 Å². The van der Waals surface area contributed by atoms with E-state index in [1.54, 1.807) is 7.11 Å². The fourth-order valence-corrected chi connectivity index (χ4v) is 4.61. The van der Waals surface area contributed by atoms with Crippen LogP contribution in [0.1, 0.15) is 35.6 Å². The number of carbonyl (C=O) groups is 1. The summed E-state index contributed by atoms with van der Waals surface area (Å²) in [5, 5.41) is 3.17. The summed E-state index contributed by atoms with van der Waals surface area (Å²) in [4.78, 5) is 15.4. The maximum absolute atomic E-state index is 13.0. The highest BCUT2D eigenvalue weighted by Crippen LogP contribution is 2.35. The van der Waals surface area contributed by atoms with Crippen molar-refractivity contribution in [2.24, 2.45) is 5.92 Å². The first-order valence-corrected chi connectivity index (χ1v) is 11.5. The van der Waals surface area contributed by atoms with Crippen molar-refractivity contribution in [3.8, 4) is 5.75 Å². The lowest BCUT2D eigenvalue weighted by Gasteiger charge is -2.39. The molecule has 0 spiro atoms. The molecule has 0 radical (unpaired) electrons. The quantitative estimate of drug-likeness (QED) is 0.549. The van der Waals surface area contributed by atoms with Crippen molar-refractivity contribution < 1.29 is 9.53 Å². The number of hydrogen-bond donors (Lipinski definition) is 1. The molecule has 0 bridgehead atoms. The zero-order valence-electron chi connectivity index (χ0n) is 18.7. The molecule has 1 amide bonds. The summed E-state index contributed by atoms with van der Waals surface area (Å²) in [6.45, 7) is 2.23. The number of hydrogen-bond acceptors (Lipinski definition) is 3. The van der Waals surface area contributed by atoms with Crippen LogP contribution in [0.5, 0.6) is 5.75 Å². The number of ether oxygens (including phenoxy) is 1. The second-order valence-corrected chi connectivity index (χ2v) is 8.51. The molecule has 2 unspecified atom stereocenters. The normalized spacial score (nSPS) is 18.8. The molecule has 32 heavy (non-hydrogen) atoms. The molecule has 4 nitrogen and oxygen atoms in total. The van der Waals surface area contributed by atoms with Crippen LogP contribution in [-0.2, 0) is 17.8 Å². The molecular weight excluding hydrogens is 396 g/mol. The number of nitrogens with zero attached hydrogens (tertiary/aromatic N) is 1. The topological polar surface area (TPSA) is 41.6 Å². The van der Waals surface area contributed by atoms with Crippen molar-refractivity contribution in [1.82, 2.24) is 10.2 Å². The zero-order valence-corrected chi connectivity index (χ0v) is 18.7. The Morgan fingerprint density at radius 2 is 1.66 bits per heavy atom. The van der Waals surface area contributed by atoms with E-state index < -0.39 is 0 Å². The van der Waals surface area contributed by atoms with Crippen LogP contribution in [0.25, 0.3) is 0 Å². The van der Waals surface area contributed by atoms with E-state index in [1.165, 1.54) is 16.7 Å². The number of nitrogens with one attached hydrogen (secondary N) is 1. The number of methoxy groups -OCH3 is 1. The molecule has 1 N–H and O–H groups in total. The second kappa shape index (κ2) is 11.0. The average molecular weight is 429 g/mol. The van der Waals surface area contributed by atoms with Gasteiger partial charge < -0.3 is 10.1 Å². The Hall–Kier alpha value is -3.11. The van der Waals surface area contributed by atoms with E-state index in [0.717, 1.165) is 38.1 Å². The molecule has 166 valence electrons. The van der Waals surface area contributed by atoms with Gasteiger partial charge in [0.2, 0.25) is 5.91 Å². The van der Waals surface area contributed by atoms with Gasteiger partial charge in [-0.25, -0.2) is 0 Å². The van der Waals surface area contributed by atoms with Gasteiger partial charge in [-0.1, -0.05) is 72.8 Å². The van der Waals surface area contributed by atoms with E-state index in [4.69, 9.17) is 4.74 Å². The first-order valence-electron chi connectivity index (χ1n) is 11.5. The number of piperidine rings is 1. The van der Waals surface area contributed by atoms with Gasteiger partial charge in [-0.3, -0.25) is 9.69 Å². The van der Waals surface area contributed by atoms with Gasteiger partial charge in [0.15, 0.2) is 0 Å². The Kier molecular flexibility index (Phi) is 7.57. The number of benzene rings is 3. The Bertz CT molecular complexity index is 991. The van der Waals surface area contributed by atoms with Crippen molar-refractivity contribution in [2.75, 3.05) is 20.2 Å². The average Bonchev–Trinajstić information content (AvgIpc) is 2.85. The van der Waals surface area contributed by atoms with Gasteiger partial charge in [-0.05, 0) is 48.1 Å². The van der Waals surface area contributed by atoms with Crippen molar-refractivity contribution in [2.45, 2.75) is 31.8 Å². The lowest BCUT2D eigenvalue weighted by Crippen LogP contribution is -2.44. The van der Waals surface area contributed by atoms with Crippen molar-refractivity contribution in [3.05, 3.63) is 102 Å². The van der Waals surface area contributed by atoms with Gasteiger partial charge in [-0.15, -0.1) is 0 Å². The number of rotatable bonds is 8. The highest BCUT2D eigenvalue weighted by atomic mass is 16.5. The monoisotopic (exact) mass is 428 g/mol. The molecule has 3 aromatic rings. The molecule has 1 aliphatic heterocycles. The standard InChI is InChI=1S/C28H32N2O2/c1-32-26-14-8-11-23(19-26)20-30-21-25(15-16-27(30)24-12-6-3-7-13-24)28(31)29-18-17-22-9-4-2-5-10-22/h2-14,19,25,27H,15-18,20-21H2,1H3,(H,29,31). The summed E-state index contributed by atoms with van der Waals surface area (Å²) >= 11 is 0. The summed E-state index contributed by atoms with van der Waals surface area (Å²) in [7, 11) is 1.70. The van der Waals surface area contributed by atoms with Crippen molar-refractivity contribution in [3.63, 3.8) is 0 Å². The molecule has 1 heterocycles. The first-order chi connectivity index (χ1) is 15.7. The lowest BCUT2D eigenvalue weighted by atomic mass is 9.88. The molecule has 0 saturated carbocycles. The number of carbonyl (C=O) groups excluding carboxylic acids is 1. The smallest absolute Gasteiger partial charge is 0.224 e. The largest absolute Gasteiger partial charge is 0.497 e. The van der Waals surface area contributed by atoms with Gasteiger partial charge >= 0.3 is 0 Å². The maximum Gasteiger partial charge on any atom is 0.224 e. The Balaban J connectivity index is 1.43. The van der Waals surface area contributed by atoms with Gasteiger partial charge in [0.1, 0.15) is 5.75 Å². The highest BCUT2D eigenvalue weighted by molar-refractivity contribution is 5.79. The molecule has 3 aromatic carbocycles. The SMILES string of the molecule is COc1cccc(CN2CC(C(=O)NCCc3ccccc3)CCC2c2ccccc2)c1. The molecule has 2 atom stereocenters. The highest BCUT2D eigenvalue weighted by Gasteiger charge is 2.32. The van der Waals surface area contributed by atoms with E-state index in [1.807, 2.05) is 30.3 Å². The van der Waals surface area contributed by atoms with E-state index in [9.17, 15) is 4.79 Å². The molecule has 1 saturated heterocycles. The Morgan fingerprint density at radius 1 is 0.938 bits per heavy atom. The van der Waals surface area contributed by atoms with Crippen LogP contribution in [0.15, 0.2) is 84.9 Å². The maximum atomic E-state index is 13.0. The van der Waals surface area contributed by atoms with Crippen molar-refractivity contribution >= 4 is 5.91 Å². The first kappa shape index (κ1) is 22.1. The molecule has 1 aliphatic rings. The van der Waals surface area contributed by atoms with E-state index in [-0.39, 0.29) is 11.8 Å². The molecule has 0 aliphatic carbocycles. The Labute approximate surface area is 191 Å². The van der Waals surface area contributed by atoms with Crippen LogP contribution >= 0.6 is 0 Å². The van der Waals surface area contributed by atoms with E-state index in [0.29, 0.717) is 12.6 Å². The van der Waals surface area contributed by atoms with Gasteiger partial charge in [0.05, 0.1) is 13.0 Å². The zero-order chi connectivity index (χ0) is 22.2. The van der Waals surface area contributed by atoms with Crippen LogP contribution < -0.4 is 10.1 Å². The fraction of sp³-hybridized carbons (Fsp3) is 0.321. The van der Waals surface area contributed by atoms with Gasteiger partial charge in [-0.2, -0.15) is 0 Å². The fourth-order valence-electron chi connectivity index (χ4n) is 4.61. The lowest BCUT2D eigenvalue weighted by molar-refractivity contribution is -0.127. The van der Waals surface area contributed by atoms with Crippen LogP contribution in [-0.4, -0.2) is 31.0 Å². The van der Waals surface area contributed by atoms with Crippen LogP contribution in [0, 0.1) is 5.92 Å². The minimum atomic E-state index is 0.0105. The second-order valence-electron chi connectivity index (χ2n) is 8.51. The summed E-state index contributed by atoms with van der Waals surface area (Å²) < 4.78 is 5.41. The minimum absolute atomic E-state index is 0.0105. The minimum Gasteiger partial charge on any atom is -0.497 e. The molecule has 4 rings (SSSR count). The third-order valence-corrected chi connectivity index (χ3v) is 6.31. The predicted octanol–water partition coefficient (Wildman–Crippen LogP) is 5.01. The van der Waals surface area contributed by atoms with Gasteiger partial charge in [0, 0.05) is 25.7 Å². The molecule has 1 fully saturated rings. The van der Waals surface area contributed by atoms with Crippen LogP contribution in [0.4, 0.5) is 0 Å². The summed E-state index contributed by atoms with van der Waals surface area (Å²) in [6, 6.07) is 29.5. The predicted molar refractivity (Wildman–Crippen MR) is 128 cm³/mol. The van der Waals surface area contributed by atoms with Crippen LogP contribution in [0.3, 0.4) is 0 Å². The van der Waals surface area contributed by atoms with Gasteiger partial charge in [0.25, 0.3) is 0 Å². The molecular formula is C28H32N2O2. The summed E-state index contributed by atoms with van der Waals surface area (Å²) in [5.74, 6) is 1.05. The van der Waals surface area contributed by atoms with E-state index in [2.05, 4.69) is 64.8 Å². The summed E-state index contributed by atoms with van der Waals surface area (Å²) in [6.07, 6.45) is 2.75. The third kappa shape index (κ3) is 5.77. The third-order valence-electron chi connectivity index (χ3n) is 6.31. The molecule has 4 heteroatoms. The van der Waals surface area contributed by atoms with Crippen molar-refractivity contribution in [1.29, 1.82) is 0 Å². The summed E-state index contributed by atoms with van der Waals surface area (Å²) in [5.41, 5.74) is 3.77. The Morgan fingerprint density at radius 3 is 2.41 bits per heavy atom.